The zero-order valence-corrected chi connectivity index (χ0v) is 10.8. The Labute approximate surface area is 110 Å². The summed E-state index contributed by atoms with van der Waals surface area (Å²) in [5, 5.41) is 1.74. The van der Waals surface area contributed by atoms with Gasteiger partial charge < -0.3 is 15.6 Å². The van der Waals surface area contributed by atoms with E-state index in [1.54, 1.807) is 0 Å². The lowest BCUT2D eigenvalue weighted by molar-refractivity contribution is -0.119. The Morgan fingerprint density at radius 2 is 2.33 bits per heavy atom. The lowest BCUT2D eigenvalue weighted by Gasteiger charge is -2.29. The number of halogens is 1. The van der Waals surface area contributed by atoms with Crippen LogP contribution in [-0.2, 0) is 4.79 Å². The highest BCUT2D eigenvalue weighted by Gasteiger charge is 2.30. The van der Waals surface area contributed by atoms with Crippen molar-refractivity contribution in [3.63, 3.8) is 0 Å². The molecule has 1 aromatic carbocycles. The van der Waals surface area contributed by atoms with Crippen LogP contribution in [0.3, 0.4) is 0 Å². The number of H-pyrrole nitrogens is 1. The van der Waals surface area contributed by atoms with Crippen molar-refractivity contribution in [2.75, 3.05) is 18.5 Å². The Morgan fingerprint density at radius 1 is 1.56 bits per heavy atom. The molecule has 4 nitrogen and oxygen atoms in total. The summed E-state index contributed by atoms with van der Waals surface area (Å²) in [6.45, 7) is 0.820. The Bertz CT molecular complexity index is 634. The van der Waals surface area contributed by atoms with Crippen LogP contribution in [0.25, 0.3) is 10.9 Å². The van der Waals surface area contributed by atoms with Crippen LogP contribution < -0.4 is 10.6 Å². The first-order valence-electron chi connectivity index (χ1n) is 5.89. The van der Waals surface area contributed by atoms with E-state index in [0.717, 1.165) is 35.2 Å². The monoisotopic (exact) mass is 263 g/mol. The van der Waals surface area contributed by atoms with E-state index in [1.165, 1.54) is 0 Å². The van der Waals surface area contributed by atoms with Gasteiger partial charge in [0.05, 0.1) is 17.3 Å². The van der Waals surface area contributed by atoms with Gasteiger partial charge in [-0.2, -0.15) is 0 Å². The minimum atomic E-state index is -0.276. The first kappa shape index (κ1) is 11.4. The third-order valence-electron chi connectivity index (χ3n) is 3.59. The first-order chi connectivity index (χ1) is 8.58. The topological polar surface area (TPSA) is 62.1 Å². The SMILES string of the molecule is CN1CC[C@@H](C(N)=O)c2[nH]c3ccc(Cl)cc3c21. The molecule has 94 valence electrons. The molecule has 0 aliphatic carbocycles. The van der Waals surface area contributed by atoms with Crippen molar-refractivity contribution in [2.24, 2.45) is 5.73 Å². The van der Waals surface area contributed by atoms with E-state index in [4.69, 9.17) is 17.3 Å². The molecule has 5 heteroatoms. The number of nitrogens with two attached hydrogens (primary N) is 1. The lowest BCUT2D eigenvalue weighted by atomic mass is 9.95. The predicted octanol–water partition coefficient (Wildman–Crippen LogP) is 2.23. The number of aromatic nitrogens is 1. The number of anilines is 1. The van der Waals surface area contributed by atoms with E-state index in [0.29, 0.717) is 5.02 Å². The van der Waals surface area contributed by atoms with Crippen molar-refractivity contribution < 1.29 is 4.79 Å². The smallest absolute Gasteiger partial charge is 0.226 e. The number of hydrogen-bond donors (Lipinski definition) is 2. The van der Waals surface area contributed by atoms with E-state index in [1.807, 2.05) is 25.2 Å². The predicted molar refractivity (Wildman–Crippen MR) is 73.1 cm³/mol. The molecular formula is C13H14ClN3O. The molecule has 0 radical (unpaired) electrons. The number of fused-ring (bicyclic) bond motifs is 3. The molecule has 0 saturated heterocycles. The van der Waals surface area contributed by atoms with Crippen LogP contribution in [0.2, 0.25) is 5.02 Å². The van der Waals surface area contributed by atoms with Crippen LogP contribution >= 0.6 is 11.6 Å². The molecule has 0 spiro atoms. The fraction of sp³-hybridized carbons (Fsp3) is 0.308. The number of primary amides is 1. The summed E-state index contributed by atoms with van der Waals surface area (Å²) in [6.07, 6.45) is 0.749. The normalized spacial score (nSPS) is 19.0. The van der Waals surface area contributed by atoms with Crippen LogP contribution in [0.1, 0.15) is 18.0 Å². The van der Waals surface area contributed by atoms with Crippen LogP contribution in [0.5, 0.6) is 0 Å². The standard InChI is InChI=1S/C13H14ClN3O/c1-17-5-4-8(13(15)18)11-12(17)9-6-7(14)2-3-10(9)16-11/h2-3,6,8,16H,4-5H2,1H3,(H2,15,18)/t8-/m1/s1. The third-order valence-corrected chi connectivity index (χ3v) is 3.82. The van der Waals surface area contributed by atoms with Crippen molar-refractivity contribution in [1.29, 1.82) is 0 Å². The van der Waals surface area contributed by atoms with Gasteiger partial charge >= 0.3 is 0 Å². The van der Waals surface area contributed by atoms with E-state index >= 15 is 0 Å². The molecule has 0 saturated carbocycles. The van der Waals surface area contributed by atoms with Crippen molar-refractivity contribution in [3.05, 3.63) is 28.9 Å². The number of carbonyl (C=O) groups is 1. The van der Waals surface area contributed by atoms with Gasteiger partial charge in [0.15, 0.2) is 0 Å². The Kier molecular flexibility index (Phi) is 2.48. The zero-order valence-electron chi connectivity index (χ0n) is 10.0. The number of aromatic amines is 1. The molecule has 2 aromatic rings. The molecule has 0 fully saturated rings. The largest absolute Gasteiger partial charge is 0.373 e. The highest BCUT2D eigenvalue weighted by atomic mass is 35.5. The number of benzene rings is 1. The van der Waals surface area contributed by atoms with Crippen LogP contribution in [-0.4, -0.2) is 24.5 Å². The Morgan fingerprint density at radius 3 is 3.06 bits per heavy atom. The van der Waals surface area contributed by atoms with Gasteiger partial charge in [0.2, 0.25) is 5.91 Å². The summed E-state index contributed by atoms with van der Waals surface area (Å²) in [5.74, 6) is -0.510. The molecule has 3 rings (SSSR count). The second-order valence-electron chi connectivity index (χ2n) is 4.74. The highest BCUT2D eigenvalue weighted by Crippen LogP contribution is 2.40. The molecule has 1 aliphatic rings. The molecule has 0 unspecified atom stereocenters. The van der Waals surface area contributed by atoms with Gasteiger partial charge in [-0.3, -0.25) is 4.79 Å². The molecule has 0 bridgehead atoms. The fourth-order valence-corrected chi connectivity index (χ4v) is 2.87. The number of amides is 1. The quantitative estimate of drug-likeness (QED) is 0.829. The summed E-state index contributed by atoms with van der Waals surface area (Å²) in [5.41, 5.74) is 8.42. The van der Waals surface area contributed by atoms with Gasteiger partial charge in [-0.1, -0.05) is 11.6 Å². The van der Waals surface area contributed by atoms with E-state index in [2.05, 4.69) is 9.88 Å². The number of nitrogens with one attached hydrogen (secondary N) is 1. The van der Waals surface area contributed by atoms with Crippen molar-refractivity contribution in [3.8, 4) is 0 Å². The lowest BCUT2D eigenvalue weighted by Crippen LogP contribution is -2.32. The van der Waals surface area contributed by atoms with Gasteiger partial charge in [0.1, 0.15) is 0 Å². The van der Waals surface area contributed by atoms with Gasteiger partial charge in [-0.25, -0.2) is 0 Å². The van der Waals surface area contributed by atoms with Crippen molar-refractivity contribution in [1.82, 2.24) is 4.98 Å². The molecule has 1 amide bonds. The minimum absolute atomic E-state index is 0.234. The maximum Gasteiger partial charge on any atom is 0.226 e. The maximum absolute atomic E-state index is 11.5. The Balaban J connectivity index is 2.29. The molecule has 2 heterocycles. The van der Waals surface area contributed by atoms with Crippen molar-refractivity contribution in [2.45, 2.75) is 12.3 Å². The molecular weight excluding hydrogens is 250 g/mol. The minimum Gasteiger partial charge on any atom is -0.373 e. The molecule has 3 N–H and O–H groups in total. The average molecular weight is 264 g/mol. The van der Waals surface area contributed by atoms with Gasteiger partial charge in [0.25, 0.3) is 0 Å². The molecule has 1 atom stereocenters. The Hall–Kier alpha value is -1.68. The zero-order chi connectivity index (χ0) is 12.9. The highest BCUT2D eigenvalue weighted by molar-refractivity contribution is 6.31. The molecule has 18 heavy (non-hydrogen) atoms. The maximum atomic E-state index is 11.5. The summed E-state index contributed by atoms with van der Waals surface area (Å²) in [4.78, 5) is 17.0. The van der Waals surface area contributed by atoms with Crippen LogP contribution in [0.4, 0.5) is 5.69 Å². The summed E-state index contributed by atoms with van der Waals surface area (Å²) in [7, 11) is 2.02. The second kappa shape index (κ2) is 3.92. The number of carbonyl (C=O) groups excluding carboxylic acids is 1. The van der Waals surface area contributed by atoms with E-state index in [9.17, 15) is 4.79 Å². The fourth-order valence-electron chi connectivity index (χ4n) is 2.70. The van der Waals surface area contributed by atoms with E-state index < -0.39 is 0 Å². The summed E-state index contributed by atoms with van der Waals surface area (Å²) < 4.78 is 0. The van der Waals surface area contributed by atoms with Gasteiger partial charge in [-0.05, 0) is 24.6 Å². The molecule has 1 aromatic heterocycles. The second-order valence-corrected chi connectivity index (χ2v) is 5.18. The van der Waals surface area contributed by atoms with Gasteiger partial charge in [-0.15, -0.1) is 0 Å². The third kappa shape index (κ3) is 1.56. The first-order valence-corrected chi connectivity index (χ1v) is 6.27. The summed E-state index contributed by atoms with van der Waals surface area (Å²) >= 11 is 6.04. The average Bonchev–Trinajstić information content (AvgIpc) is 2.68. The van der Waals surface area contributed by atoms with Crippen LogP contribution in [0, 0.1) is 0 Å². The van der Waals surface area contributed by atoms with E-state index in [-0.39, 0.29) is 11.8 Å². The van der Waals surface area contributed by atoms with Gasteiger partial charge in [0, 0.05) is 29.5 Å². The number of rotatable bonds is 1. The number of nitrogens with zero attached hydrogens (tertiary/aromatic N) is 1. The summed E-state index contributed by atoms with van der Waals surface area (Å²) in [6, 6.07) is 5.69. The van der Waals surface area contributed by atoms with Crippen molar-refractivity contribution >= 4 is 34.1 Å². The molecule has 1 aliphatic heterocycles. The number of hydrogen-bond acceptors (Lipinski definition) is 2. The van der Waals surface area contributed by atoms with Crippen LogP contribution in [0.15, 0.2) is 18.2 Å².